The van der Waals surface area contributed by atoms with Gasteiger partial charge in [0.1, 0.15) is 6.61 Å². The highest BCUT2D eigenvalue weighted by molar-refractivity contribution is 5.55. The molecule has 0 aliphatic carbocycles. The molecule has 16 heavy (non-hydrogen) atoms. The number of rotatable bonds is 3. The predicted molar refractivity (Wildman–Crippen MR) is 61.8 cm³/mol. The van der Waals surface area contributed by atoms with Crippen molar-refractivity contribution in [2.75, 3.05) is 0 Å². The summed E-state index contributed by atoms with van der Waals surface area (Å²) in [5.74, 6) is 1.42. The fourth-order valence-electron chi connectivity index (χ4n) is 1.70. The van der Waals surface area contributed by atoms with Gasteiger partial charge in [-0.25, -0.2) is 0 Å². The molecule has 0 saturated heterocycles. The summed E-state index contributed by atoms with van der Waals surface area (Å²) in [7, 11) is 0. The van der Waals surface area contributed by atoms with E-state index in [-0.39, 0.29) is 6.61 Å². The van der Waals surface area contributed by atoms with Gasteiger partial charge in [-0.3, -0.25) is 0 Å². The first-order chi connectivity index (χ1) is 7.76. The third-order valence-electron chi connectivity index (χ3n) is 2.59. The molecular weight excluding hydrogens is 202 g/mol. The van der Waals surface area contributed by atoms with Crippen LogP contribution in [0.2, 0.25) is 0 Å². The molecule has 2 aromatic rings. The molecule has 0 spiro atoms. The fourth-order valence-corrected chi connectivity index (χ4v) is 1.70. The Hall–Kier alpha value is -1.68. The fraction of sp³-hybridized carbons (Fsp3) is 0.333. The van der Waals surface area contributed by atoms with E-state index < -0.39 is 0 Å². The van der Waals surface area contributed by atoms with Crippen LogP contribution in [0.15, 0.2) is 24.3 Å². The molecule has 1 heterocycles. The zero-order chi connectivity index (χ0) is 11.5. The number of benzene rings is 1. The molecule has 2 rings (SSSR count). The Bertz CT molecular complexity index is 474. The van der Waals surface area contributed by atoms with Crippen molar-refractivity contribution in [3.8, 4) is 11.4 Å². The highest BCUT2D eigenvalue weighted by atomic mass is 16.3. The number of aliphatic hydroxyl groups is 1. The molecule has 4 heteroatoms. The molecule has 0 radical (unpaired) electrons. The standard InChI is InChI=1S/C12H15N3O/c1-3-15-11(8-16)13-14-12(15)10-6-4-9(2)5-7-10/h4-7,16H,3,8H2,1-2H3. The molecule has 1 N–H and O–H groups in total. The molecule has 0 unspecified atom stereocenters. The van der Waals surface area contributed by atoms with Crippen LogP contribution in [0.1, 0.15) is 18.3 Å². The van der Waals surface area contributed by atoms with E-state index in [1.54, 1.807) is 0 Å². The Morgan fingerprint density at radius 3 is 2.44 bits per heavy atom. The van der Waals surface area contributed by atoms with Crippen LogP contribution < -0.4 is 0 Å². The van der Waals surface area contributed by atoms with Gasteiger partial charge in [-0.2, -0.15) is 0 Å². The van der Waals surface area contributed by atoms with Gasteiger partial charge in [0.05, 0.1) is 0 Å². The van der Waals surface area contributed by atoms with Gasteiger partial charge < -0.3 is 9.67 Å². The highest BCUT2D eigenvalue weighted by Gasteiger charge is 2.10. The van der Waals surface area contributed by atoms with Gasteiger partial charge in [-0.1, -0.05) is 29.8 Å². The summed E-state index contributed by atoms with van der Waals surface area (Å²) >= 11 is 0. The number of aromatic nitrogens is 3. The van der Waals surface area contributed by atoms with E-state index >= 15 is 0 Å². The van der Waals surface area contributed by atoms with Gasteiger partial charge >= 0.3 is 0 Å². The number of aryl methyl sites for hydroxylation is 1. The summed E-state index contributed by atoms with van der Waals surface area (Å²) < 4.78 is 1.92. The minimum absolute atomic E-state index is 0.0767. The maximum Gasteiger partial charge on any atom is 0.164 e. The summed E-state index contributed by atoms with van der Waals surface area (Å²) in [4.78, 5) is 0. The lowest BCUT2D eigenvalue weighted by Crippen LogP contribution is -2.03. The Labute approximate surface area is 94.6 Å². The van der Waals surface area contributed by atoms with Crippen molar-refractivity contribution >= 4 is 0 Å². The molecule has 0 amide bonds. The van der Waals surface area contributed by atoms with E-state index in [9.17, 15) is 0 Å². The normalized spacial score (nSPS) is 10.7. The van der Waals surface area contributed by atoms with Crippen molar-refractivity contribution in [2.45, 2.75) is 27.0 Å². The summed E-state index contributed by atoms with van der Waals surface area (Å²) in [5, 5.41) is 17.2. The summed E-state index contributed by atoms with van der Waals surface area (Å²) in [6.45, 7) is 4.74. The molecule has 0 aliphatic heterocycles. The first-order valence-corrected chi connectivity index (χ1v) is 5.36. The van der Waals surface area contributed by atoms with E-state index in [1.807, 2.05) is 42.7 Å². The predicted octanol–water partition coefficient (Wildman–Crippen LogP) is 1.77. The maximum atomic E-state index is 9.13. The molecule has 1 aromatic carbocycles. The summed E-state index contributed by atoms with van der Waals surface area (Å²) in [6.07, 6.45) is 0. The lowest BCUT2D eigenvalue weighted by molar-refractivity contribution is 0.265. The zero-order valence-electron chi connectivity index (χ0n) is 9.51. The van der Waals surface area contributed by atoms with Crippen molar-refractivity contribution in [2.24, 2.45) is 0 Å². The molecule has 0 saturated carbocycles. The monoisotopic (exact) mass is 217 g/mol. The second-order valence-corrected chi connectivity index (χ2v) is 3.71. The highest BCUT2D eigenvalue weighted by Crippen LogP contribution is 2.18. The molecule has 4 nitrogen and oxygen atoms in total. The van der Waals surface area contributed by atoms with Crippen LogP contribution in [0.4, 0.5) is 0 Å². The summed E-state index contributed by atoms with van der Waals surface area (Å²) in [6, 6.07) is 8.13. The number of hydrogen-bond acceptors (Lipinski definition) is 3. The van der Waals surface area contributed by atoms with E-state index in [2.05, 4.69) is 10.2 Å². The van der Waals surface area contributed by atoms with Crippen LogP contribution in [-0.2, 0) is 13.2 Å². The minimum atomic E-state index is -0.0767. The van der Waals surface area contributed by atoms with Crippen LogP contribution >= 0.6 is 0 Å². The van der Waals surface area contributed by atoms with Gasteiger partial charge in [0.15, 0.2) is 11.6 Å². The average molecular weight is 217 g/mol. The molecule has 0 aliphatic rings. The Kier molecular flexibility index (Phi) is 3.01. The van der Waals surface area contributed by atoms with Crippen molar-refractivity contribution in [3.63, 3.8) is 0 Å². The van der Waals surface area contributed by atoms with Gasteiger partial charge in [0.25, 0.3) is 0 Å². The Balaban J connectivity index is 2.47. The van der Waals surface area contributed by atoms with E-state index in [1.165, 1.54) is 5.56 Å². The second kappa shape index (κ2) is 4.45. The van der Waals surface area contributed by atoms with Crippen LogP contribution in [0.25, 0.3) is 11.4 Å². The average Bonchev–Trinajstić information content (AvgIpc) is 2.72. The topological polar surface area (TPSA) is 50.9 Å². The van der Waals surface area contributed by atoms with Gasteiger partial charge in [0, 0.05) is 12.1 Å². The van der Waals surface area contributed by atoms with E-state index in [0.717, 1.165) is 17.9 Å². The molecule has 0 atom stereocenters. The zero-order valence-corrected chi connectivity index (χ0v) is 9.51. The smallest absolute Gasteiger partial charge is 0.164 e. The number of aliphatic hydroxyl groups excluding tert-OH is 1. The molecule has 84 valence electrons. The molecule has 0 fully saturated rings. The first kappa shape index (κ1) is 10.8. The Morgan fingerprint density at radius 1 is 1.19 bits per heavy atom. The maximum absolute atomic E-state index is 9.13. The van der Waals surface area contributed by atoms with Crippen molar-refractivity contribution in [1.29, 1.82) is 0 Å². The summed E-state index contributed by atoms with van der Waals surface area (Å²) in [5.41, 5.74) is 2.24. The lowest BCUT2D eigenvalue weighted by atomic mass is 10.1. The van der Waals surface area contributed by atoms with Crippen LogP contribution in [-0.4, -0.2) is 19.9 Å². The Morgan fingerprint density at radius 2 is 1.88 bits per heavy atom. The third kappa shape index (κ3) is 1.84. The molecular formula is C12H15N3O. The van der Waals surface area contributed by atoms with Crippen molar-refractivity contribution in [3.05, 3.63) is 35.7 Å². The molecule has 0 bridgehead atoms. The van der Waals surface area contributed by atoms with E-state index in [4.69, 9.17) is 5.11 Å². The van der Waals surface area contributed by atoms with Crippen LogP contribution in [0, 0.1) is 6.92 Å². The van der Waals surface area contributed by atoms with Gasteiger partial charge in [-0.15, -0.1) is 10.2 Å². The second-order valence-electron chi connectivity index (χ2n) is 3.71. The number of hydrogen-bond donors (Lipinski definition) is 1. The largest absolute Gasteiger partial charge is 0.388 e. The quantitative estimate of drug-likeness (QED) is 0.852. The van der Waals surface area contributed by atoms with Crippen LogP contribution in [0.3, 0.4) is 0 Å². The van der Waals surface area contributed by atoms with Crippen molar-refractivity contribution < 1.29 is 5.11 Å². The minimum Gasteiger partial charge on any atom is -0.388 e. The van der Waals surface area contributed by atoms with Crippen molar-refractivity contribution in [1.82, 2.24) is 14.8 Å². The number of nitrogens with zero attached hydrogens (tertiary/aromatic N) is 3. The third-order valence-corrected chi connectivity index (χ3v) is 2.59. The van der Waals surface area contributed by atoms with Gasteiger partial charge in [0.2, 0.25) is 0 Å². The molecule has 1 aromatic heterocycles. The van der Waals surface area contributed by atoms with Crippen LogP contribution in [0.5, 0.6) is 0 Å². The van der Waals surface area contributed by atoms with Gasteiger partial charge in [-0.05, 0) is 13.8 Å². The first-order valence-electron chi connectivity index (χ1n) is 5.36. The SMILES string of the molecule is CCn1c(CO)nnc1-c1ccc(C)cc1. The lowest BCUT2D eigenvalue weighted by Gasteiger charge is -2.06. The van der Waals surface area contributed by atoms with E-state index in [0.29, 0.717) is 5.82 Å².